The van der Waals surface area contributed by atoms with Crippen molar-refractivity contribution in [1.29, 1.82) is 0 Å². The smallest absolute Gasteiger partial charge is 0.317 e. The van der Waals surface area contributed by atoms with Crippen molar-refractivity contribution in [2.75, 3.05) is 17.5 Å². The third kappa shape index (κ3) is 3.98. The number of carbonyl (C=O) groups is 1. The van der Waals surface area contributed by atoms with Gasteiger partial charge in [-0.15, -0.1) is 0 Å². The van der Waals surface area contributed by atoms with Crippen molar-refractivity contribution in [3.63, 3.8) is 0 Å². The first-order valence-corrected chi connectivity index (χ1v) is 11.4. The van der Waals surface area contributed by atoms with Gasteiger partial charge < -0.3 is 10.2 Å². The van der Waals surface area contributed by atoms with Crippen LogP contribution in [0.1, 0.15) is 37.7 Å². The largest absolute Gasteiger partial charge is 0.334 e. The van der Waals surface area contributed by atoms with E-state index in [1.165, 1.54) is 19.3 Å². The van der Waals surface area contributed by atoms with Crippen molar-refractivity contribution < 1.29 is 13.2 Å². The molecule has 2 heterocycles. The summed E-state index contributed by atoms with van der Waals surface area (Å²) in [6.07, 6.45) is 7.39. The first kappa shape index (κ1) is 17.6. The van der Waals surface area contributed by atoms with Gasteiger partial charge >= 0.3 is 6.03 Å². The second kappa shape index (κ2) is 6.76. The van der Waals surface area contributed by atoms with E-state index >= 15 is 0 Å². The topological polar surface area (TPSA) is 78.5 Å². The van der Waals surface area contributed by atoms with Crippen LogP contribution in [0, 0.1) is 17.8 Å². The van der Waals surface area contributed by atoms with Crippen molar-refractivity contribution in [3.05, 3.63) is 29.8 Å². The van der Waals surface area contributed by atoms with E-state index in [1.807, 2.05) is 6.07 Å². The van der Waals surface area contributed by atoms with Gasteiger partial charge in [-0.2, -0.15) is 0 Å². The molecular weight excluding hydrogens is 350 g/mol. The number of hydrogen-bond donors (Lipinski definition) is 2. The van der Waals surface area contributed by atoms with Gasteiger partial charge in [0.1, 0.15) is 0 Å². The molecule has 142 valence electrons. The third-order valence-corrected chi connectivity index (χ3v) is 6.65. The number of carbonyl (C=O) groups excluding carboxylic acids is 1. The van der Waals surface area contributed by atoms with Crippen LogP contribution in [-0.4, -0.2) is 38.2 Å². The van der Waals surface area contributed by atoms with Crippen molar-refractivity contribution in [3.8, 4) is 0 Å². The minimum atomic E-state index is -3.30. The van der Waals surface area contributed by atoms with Crippen LogP contribution in [0.3, 0.4) is 0 Å². The molecule has 7 heteroatoms. The molecule has 4 bridgehead atoms. The second-order valence-electron chi connectivity index (χ2n) is 8.32. The van der Waals surface area contributed by atoms with Gasteiger partial charge in [0, 0.05) is 24.8 Å². The minimum absolute atomic E-state index is 0.0182. The molecule has 0 spiro atoms. The zero-order valence-corrected chi connectivity index (χ0v) is 16.0. The molecular formula is C19H27N3O3S. The van der Waals surface area contributed by atoms with Gasteiger partial charge in [-0.3, -0.25) is 4.72 Å². The molecule has 1 aromatic carbocycles. The fourth-order valence-corrected chi connectivity index (χ4v) is 5.83. The number of hydrogen-bond acceptors (Lipinski definition) is 3. The molecule has 2 N–H and O–H groups in total. The van der Waals surface area contributed by atoms with Gasteiger partial charge in [0.05, 0.1) is 6.26 Å². The van der Waals surface area contributed by atoms with Gasteiger partial charge in [0.25, 0.3) is 0 Å². The van der Waals surface area contributed by atoms with Crippen molar-refractivity contribution >= 4 is 21.7 Å². The lowest BCUT2D eigenvalue weighted by molar-refractivity contribution is 0.131. The highest BCUT2D eigenvalue weighted by Crippen LogP contribution is 2.47. The van der Waals surface area contributed by atoms with Crippen LogP contribution in [0.2, 0.25) is 0 Å². The highest BCUT2D eigenvalue weighted by Gasteiger charge is 2.43. The maximum atomic E-state index is 12.8. The summed E-state index contributed by atoms with van der Waals surface area (Å²) >= 11 is 0. The van der Waals surface area contributed by atoms with Crippen LogP contribution >= 0.6 is 0 Å². The zero-order valence-electron chi connectivity index (χ0n) is 15.1. The molecule has 2 amide bonds. The summed E-state index contributed by atoms with van der Waals surface area (Å²) in [5.74, 6) is 2.29. The SMILES string of the molecule is CS(=O)(=O)Nc1cccc(CNC(=O)N2CC3CC4CC(C3)CC2C4)c1. The summed E-state index contributed by atoms with van der Waals surface area (Å²) in [6.45, 7) is 1.29. The van der Waals surface area contributed by atoms with Gasteiger partial charge in [-0.1, -0.05) is 12.1 Å². The Hall–Kier alpha value is -1.76. The van der Waals surface area contributed by atoms with E-state index in [1.54, 1.807) is 18.2 Å². The molecule has 2 unspecified atom stereocenters. The molecule has 6 nitrogen and oxygen atoms in total. The predicted octanol–water partition coefficient (Wildman–Crippen LogP) is 2.78. The molecule has 26 heavy (non-hydrogen) atoms. The number of urea groups is 1. The number of rotatable bonds is 4. The van der Waals surface area contributed by atoms with Crippen LogP contribution < -0.4 is 10.0 Å². The van der Waals surface area contributed by atoms with Crippen molar-refractivity contribution in [1.82, 2.24) is 10.2 Å². The third-order valence-electron chi connectivity index (χ3n) is 6.04. The molecule has 5 rings (SSSR count). The zero-order chi connectivity index (χ0) is 18.3. The Morgan fingerprint density at radius 1 is 1.12 bits per heavy atom. The Balaban J connectivity index is 1.39. The lowest BCUT2D eigenvalue weighted by Crippen LogP contribution is -2.47. The van der Waals surface area contributed by atoms with E-state index in [4.69, 9.17) is 0 Å². The number of nitrogens with zero attached hydrogens (tertiary/aromatic N) is 1. The van der Waals surface area contributed by atoms with Crippen LogP contribution in [-0.2, 0) is 16.6 Å². The fourth-order valence-electron chi connectivity index (χ4n) is 5.27. The second-order valence-corrected chi connectivity index (χ2v) is 10.1. The maximum absolute atomic E-state index is 12.8. The van der Waals surface area contributed by atoms with E-state index in [0.717, 1.165) is 43.0 Å². The highest BCUT2D eigenvalue weighted by atomic mass is 32.2. The number of amides is 2. The molecule has 2 aliphatic heterocycles. The Bertz CT molecular complexity index is 781. The van der Waals surface area contributed by atoms with Crippen LogP contribution in [0.25, 0.3) is 0 Å². The molecule has 1 aromatic rings. The average molecular weight is 378 g/mol. The Kier molecular flexibility index (Phi) is 4.59. The summed E-state index contributed by atoms with van der Waals surface area (Å²) in [7, 11) is -3.30. The van der Waals surface area contributed by atoms with Crippen LogP contribution in [0.4, 0.5) is 10.5 Å². The first-order valence-electron chi connectivity index (χ1n) is 9.47. The number of anilines is 1. The lowest BCUT2D eigenvalue weighted by atomic mass is 9.68. The summed E-state index contributed by atoms with van der Waals surface area (Å²) in [4.78, 5) is 14.9. The summed E-state index contributed by atoms with van der Waals surface area (Å²) in [6, 6.07) is 7.56. The monoisotopic (exact) mass is 377 g/mol. The summed E-state index contributed by atoms with van der Waals surface area (Å²) < 4.78 is 25.2. The first-order chi connectivity index (χ1) is 12.4. The molecule has 0 radical (unpaired) electrons. The highest BCUT2D eigenvalue weighted by molar-refractivity contribution is 7.92. The predicted molar refractivity (Wildman–Crippen MR) is 101 cm³/mol. The number of nitrogens with one attached hydrogen (secondary N) is 2. The number of sulfonamides is 1. The normalized spacial score (nSPS) is 30.1. The van der Waals surface area contributed by atoms with Crippen LogP contribution in [0.15, 0.2) is 24.3 Å². The Morgan fingerprint density at radius 3 is 2.50 bits per heavy atom. The molecule has 2 aliphatic carbocycles. The molecule has 4 aliphatic rings. The molecule has 0 aromatic heterocycles. The van der Waals surface area contributed by atoms with Gasteiger partial charge in [-0.05, 0) is 67.6 Å². The maximum Gasteiger partial charge on any atom is 0.317 e. The van der Waals surface area contributed by atoms with E-state index in [-0.39, 0.29) is 6.03 Å². The van der Waals surface area contributed by atoms with E-state index in [9.17, 15) is 13.2 Å². The van der Waals surface area contributed by atoms with Crippen LogP contribution in [0.5, 0.6) is 0 Å². The summed E-state index contributed by atoms with van der Waals surface area (Å²) in [5.41, 5.74) is 1.40. The van der Waals surface area contributed by atoms with Gasteiger partial charge in [-0.25, -0.2) is 13.2 Å². The Morgan fingerprint density at radius 2 is 1.81 bits per heavy atom. The Labute approximate surface area is 155 Å². The quantitative estimate of drug-likeness (QED) is 0.847. The van der Waals surface area contributed by atoms with Gasteiger partial charge in [0.15, 0.2) is 0 Å². The minimum Gasteiger partial charge on any atom is -0.334 e. The fraction of sp³-hybridized carbons (Fsp3) is 0.632. The van der Waals surface area contributed by atoms with E-state index < -0.39 is 10.0 Å². The number of benzene rings is 1. The van der Waals surface area contributed by atoms with Crippen molar-refractivity contribution in [2.24, 2.45) is 17.8 Å². The molecule has 2 saturated carbocycles. The van der Waals surface area contributed by atoms with E-state index in [2.05, 4.69) is 14.9 Å². The number of fused-ring (bicyclic) bond motifs is 1. The van der Waals surface area contributed by atoms with Crippen molar-refractivity contribution in [2.45, 2.75) is 44.7 Å². The average Bonchev–Trinajstić information content (AvgIpc) is 2.75. The standard InChI is InChI=1S/C19H27N3O3S/c1-26(24,25)21-17-4-2-3-13(8-17)11-20-19(23)22-12-16-6-14-5-15(7-16)10-18(22)9-14/h2-4,8,14-16,18,21H,5-7,9-12H2,1H3,(H,20,23). The molecule has 4 fully saturated rings. The summed E-state index contributed by atoms with van der Waals surface area (Å²) in [5, 5.41) is 3.04. The van der Waals surface area contributed by atoms with Gasteiger partial charge in [0.2, 0.25) is 10.0 Å². The van der Waals surface area contributed by atoms with E-state index in [0.29, 0.717) is 24.2 Å². The molecule has 2 saturated heterocycles. The molecule has 2 atom stereocenters. The lowest BCUT2D eigenvalue weighted by Gasteiger charge is -2.38.